The van der Waals surface area contributed by atoms with Gasteiger partial charge in [-0.1, -0.05) is 44.5 Å². The Morgan fingerprint density at radius 1 is 1.00 bits per heavy atom. The highest BCUT2D eigenvalue weighted by Crippen LogP contribution is 2.30. The summed E-state index contributed by atoms with van der Waals surface area (Å²) in [6, 6.07) is 6.81. The summed E-state index contributed by atoms with van der Waals surface area (Å²) in [5.41, 5.74) is 4.78. The fraction of sp³-hybridized carbons (Fsp3) is 0.684. The van der Waals surface area contributed by atoms with Crippen LogP contribution in [-0.2, 0) is 6.42 Å². The lowest BCUT2D eigenvalue weighted by Crippen LogP contribution is -2.42. The molecule has 1 atom stereocenters. The molecule has 0 amide bonds. The van der Waals surface area contributed by atoms with E-state index in [9.17, 15) is 0 Å². The summed E-state index contributed by atoms with van der Waals surface area (Å²) in [6.45, 7) is 19.3. The molecule has 0 radical (unpaired) electrons. The van der Waals surface area contributed by atoms with Crippen molar-refractivity contribution in [2.24, 2.45) is 11.3 Å². The van der Waals surface area contributed by atoms with E-state index in [0.717, 1.165) is 13.0 Å². The van der Waals surface area contributed by atoms with Gasteiger partial charge in [0.05, 0.1) is 0 Å². The van der Waals surface area contributed by atoms with Crippen molar-refractivity contribution in [3.8, 4) is 0 Å². The van der Waals surface area contributed by atoms with Crippen LogP contribution in [0, 0.1) is 25.2 Å². The normalized spacial score (nSPS) is 14.4. The molecule has 1 aromatic rings. The Morgan fingerprint density at radius 2 is 1.60 bits per heavy atom. The molecule has 1 heteroatoms. The van der Waals surface area contributed by atoms with Gasteiger partial charge in [0.1, 0.15) is 0 Å². The first-order valence-electron chi connectivity index (χ1n) is 7.80. The van der Waals surface area contributed by atoms with Gasteiger partial charge in [0.25, 0.3) is 0 Å². The molecule has 0 bridgehead atoms. The van der Waals surface area contributed by atoms with Gasteiger partial charge in [0.2, 0.25) is 0 Å². The molecule has 0 aromatic heterocycles. The molecule has 1 N–H and O–H groups in total. The van der Waals surface area contributed by atoms with E-state index < -0.39 is 0 Å². The molecule has 20 heavy (non-hydrogen) atoms. The van der Waals surface area contributed by atoms with E-state index in [1.165, 1.54) is 16.7 Å². The van der Waals surface area contributed by atoms with Crippen molar-refractivity contribution < 1.29 is 0 Å². The van der Waals surface area contributed by atoms with Gasteiger partial charge in [-0.15, -0.1) is 0 Å². The maximum Gasteiger partial charge on any atom is 0.00966 e. The summed E-state index contributed by atoms with van der Waals surface area (Å²) in [6.07, 6.45) is 1.15. The van der Waals surface area contributed by atoms with Crippen molar-refractivity contribution in [2.75, 3.05) is 6.54 Å². The topological polar surface area (TPSA) is 12.0 Å². The molecule has 0 aliphatic heterocycles. The molecule has 0 spiro atoms. The molecule has 0 saturated heterocycles. The maximum absolute atomic E-state index is 3.68. The van der Waals surface area contributed by atoms with Gasteiger partial charge in [0.15, 0.2) is 0 Å². The van der Waals surface area contributed by atoms with Crippen molar-refractivity contribution >= 4 is 0 Å². The smallest absolute Gasteiger partial charge is 0.00966 e. The minimum atomic E-state index is 0.186. The summed E-state index contributed by atoms with van der Waals surface area (Å²) in [4.78, 5) is 0. The van der Waals surface area contributed by atoms with Gasteiger partial charge < -0.3 is 5.32 Å². The first kappa shape index (κ1) is 17.2. The Hall–Kier alpha value is -0.820. The van der Waals surface area contributed by atoms with E-state index in [4.69, 9.17) is 0 Å². The van der Waals surface area contributed by atoms with Gasteiger partial charge in [-0.25, -0.2) is 0 Å². The van der Waals surface area contributed by atoms with E-state index in [-0.39, 0.29) is 5.54 Å². The van der Waals surface area contributed by atoms with E-state index >= 15 is 0 Å². The molecule has 1 rings (SSSR count). The van der Waals surface area contributed by atoms with E-state index in [0.29, 0.717) is 11.3 Å². The molecule has 0 aliphatic rings. The minimum Gasteiger partial charge on any atom is -0.312 e. The van der Waals surface area contributed by atoms with Crippen molar-refractivity contribution in [1.82, 2.24) is 5.32 Å². The third-order valence-electron chi connectivity index (χ3n) is 4.07. The van der Waals surface area contributed by atoms with Gasteiger partial charge in [-0.2, -0.15) is 0 Å². The second-order valence-electron chi connectivity index (χ2n) is 8.33. The largest absolute Gasteiger partial charge is 0.312 e. The Labute approximate surface area is 126 Å². The molecular weight excluding hydrogens is 242 g/mol. The molecule has 0 fully saturated rings. The highest BCUT2D eigenvalue weighted by atomic mass is 14.9. The fourth-order valence-corrected chi connectivity index (χ4v) is 2.40. The highest BCUT2D eigenvalue weighted by Gasteiger charge is 2.26. The van der Waals surface area contributed by atoms with Crippen LogP contribution in [0.25, 0.3) is 0 Å². The first-order chi connectivity index (χ1) is 8.99. The number of benzene rings is 1. The number of nitrogens with one attached hydrogen (secondary N) is 1. The molecule has 0 aliphatic carbocycles. The second-order valence-corrected chi connectivity index (χ2v) is 8.33. The Kier molecular flexibility index (Phi) is 5.43. The van der Waals surface area contributed by atoms with Crippen LogP contribution in [0.5, 0.6) is 0 Å². The monoisotopic (exact) mass is 275 g/mol. The van der Waals surface area contributed by atoms with Crippen LogP contribution in [0.2, 0.25) is 0 Å². The van der Waals surface area contributed by atoms with Gasteiger partial charge >= 0.3 is 0 Å². The molecule has 114 valence electrons. The second kappa shape index (κ2) is 6.30. The number of hydrogen-bond acceptors (Lipinski definition) is 1. The molecular formula is C19H33N. The zero-order chi connectivity index (χ0) is 15.6. The summed E-state index contributed by atoms with van der Waals surface area (Å²) >= 11 is 0. The first-order valence-corrected chi connectivity index (χ1v) is 7.80. The SMILES string of the molecule is Cc1ccc(C)c(CC(CNC(C)(C)C)C(C)(C)C)c1. The molecule has 1 unspecified atom stereocenters. The predicted molar refractivity (Wildman–Crippen MR) is 90.3 cm³/mol. The van der Waals surface area contributed by atoms with Crippen molar-refractivity contribution in [2.45, 2.75) is 67.3 Å². The standard InChI is InChI=1S/C19H33N/c1-14-9-10-15(2)16(11-14)12-17(18(3,4)5)13-20-19(6,7)8/h9-11,17,20H,12-13H2,1-8H3. The van der Waals surface area contributed by atoms with Crippen LogP contribution >= 0.6 is 0 Å². The van der Waals surface area contributed by atoms with E-state index in [2.05, 4.69) is 78.9 Å². The molecule has 1 aromatic carbocycles. The lowest BCUT2D eigenvalue weighted by Gasteiger charge is -2.34. The van der Waals surface area contributed by atoms with E-state index in [1.807, 2.05) is 0 Å². The average Bonchev–Trinajstić information content (AvgIpc) is 2.25. The quantitative estimate of drug-likeness (QED) is 0.824. The third-order valence-corrected chi connectivity index (χ3v) is 4.07. The van der Waals surface area contributed by atoms with E-state index in [1.54, 1.807) is 0 Å². The van der Waals surface area contributed by atoms with Gasteiger partial charge in [-0.3, -0.25) is 0 Å². The number of hydrogen-bond donors (Lipinski definition) is 1. The minimum absolute atomic E-state index is 0.186. The van der Waals surface area contributed by atoms with Gasteiger partial charge in [0, 0.05) is 5.54 Å². The van der Waals surface area contributed by atoms with Crippen LogP contribution in [-0.4, -0.2) is 12.1 Å². The lowest BCUT2D eigenvalue weighted by atomic mass is 9.76. The average molecular weight is 275 g/mol. The maximum atomic E-state index is 3.68. The fourth-order valence-electron chi connectivity index (χ4n) is 2.40. The Bertz CT molecular complexity index is 432. The highest BCUT2D eigenvalue weighted by molar-refractivity contribution is 5.31. The molecule has 1 nitrogen and oxygen atoms in total. The summed E-state index contributed by atoms with van der Waals surface area (Å²) < 4.78 is 0. The third kappa shape index (κ3) is 5.66. The van der Waals surface area contributed by atoms with Crippen LogP contribution in [0.4, 0.5) is 0 Å². The van der Waals surface area contributed by atoms with Crippen LogP contribution in [0.15, 0.2) is 18.2 Å². The predicted octanol–water partition coefficient (Wildman–Crippen LogP) is 4.90. The van der Waals surface area contributed by atoms with Crippen LogP contribution in [0.3, 0.4) is 0 Å². The summed E-state index contributed by atoms with van der Waals surface area (Å²) in [5, 5.41) is 3.68. The van der Waals surface area contributed by atoms with Crippen molar-refractivity contribution in [3.05, 3.63) is 34.9 Å². The Balaban J connectivity index is 2.87. The summed E-state index contributed by atoms with van der Waals surface area (Å²) in [5.74, 6) is 0.641. The van der Waals surface area contributed by atoms with Gasteiger partial charge in [-0.05, 0) is 70.0 Å². The van der Waals surface area contributed by atoms with Crippen LogP contribution in [0.1, 0.15) is 58.2 Å². The zero-order valence-corrected chi connectivity index (χ0v) is 14.7. The van der Waals surface area contributed by atoms with Crippen molar-refractivity contribution in [1.29, 1.82) is 0 Å². The number of aryl methyl sites for hydroxylation is 2. The van der Waals surface area contributed by atoms with Crippen molar-refractivity contribution in [3.63, 3.8) is 0 Å². The lowest BCUT2D eigenvalue weighted by molar-refractivity contribution is 0.214. The molecule has 0 heterocycles. The Morgan fingerprint density at radius 3 is 2.10 bits per heavy atom. The molecule has 0 saturated carbocycles. The number of rotatable bonds is 4. The summed E-state index contributed by atoms with van der Waals surface area (Å²) in [7, 11) is 0. The van der Waals surface area contributed by atoms with Crippen LogP contribution < -0.4 is 5.32 Å². The zero-order valence-electron chi connectivity index (χ0n) is 14.7.